The minimum Gasteiger partial charge on any atom is -0.495 e. The molecular weight excluding hydrogens is 642 g/mol. The number of piperidine rings is 1. The van der Waals surface area contributed by atoms with Gasteiger partial charge in [-0.2, -0.15) is 13.2 Å². The summed E-state index contributed by atoms with van der Waals surface area (Å²) in [5.74, 6) is 5.30. The number of benzene rings is 2. The van der Waals surface area contributed by atoms with Gasteiger partial charge in [-0.25, -0.2) is 13.4 Å². The zero-order valence-electron chi connectivity index (χ0n) is 25.7. The number of imidazole rings is 1. The third kappa shape index (κ3) is 8.39. The molecule has 245 valence electrons. The van der Waals surface area contributed by atoms with Gasteiger partial charge in [0, 0.05) is 43.2 Å². The van der Waals surface area contributed by atoms with Crippen molar-refractivity contribution in [1.29, 1.82) is 0 Å². The van der Waals surface area contributed by atoms with E-state index >= 15 is 0 Å². The maximum atomic E-state index is 13.7. The number of likely N-dealkylation sites (tertiary alicyclic amines) is 1. The monoisotopic (exact) mass is 675 g/mol. The van der Waals surface area contributed by atoms with Crippen LogP contribution < -0.4 is 20.7 Å². The largest absolute Gasteiger partial charge is 0.495 e. The van der Waals surface area contributed by atoms with Gasteiger partial charge in [-0.1, -0.05) is 18.8 Å². The summed E-state index contributed by atoms with van der Waals surface area (Å²) in [7, 11) is 3.27. The van der Waals surface area contributed by atoms with Gasteiger partial charge in [-0.3, -0.25) is 14.5 Å². The first-order chi connectivity index (χ1) is 21.5. The lowest BCUT2D eigenvalue weighted by Crippen LogP contribution is -2.61. The molecule has 2 amide bonds. The summed E-state index contributed by atoms with van der Waals surface area (Å²) >= 11 is 0. The number of carbonyl (C=O) groups is 2. The Labute approximate surface area is 268 Å². The molecule has 3 aromatic rings. The molecule has 3 N–H and O–H groups in total. The van der Waals surface area contributed by atoms with Crippen molar-refractivity contribution in [2.45, 2.75) is 36.1 Å². The fraction of sp³-hybridized carbons (Fsp3) is 0.433. The van der Waals surface area contributed by atoms with Gasteiger partial charge in [0.25, 0.3) is 5.91 Å². The number of nitrogens with zero attached hydrogens (tertiary/aromatic N) is 3. The van der Waals surface area contributed by atoms with E-state index in [4.69, 9.17) is 4.74 Å². The Kier molecular flexibility index (Phi) is 10.4. The molecule has 1 aromatic heterocycles. The Hall–Kier alpha value is -4.07. The van der Waals surface area contributed by atoms with E-state index in [1.165, 1.54) is 31.4 Å². The molecule has 16 heteroatoms. The summed E-state index contributed by atoms with van der Waals surface area (Å²) in [6, 6.07) is 7.29. The summed E-state index contributed by atoms with van der Waals surface area (Å²) in [6.07, 6.45) is -1.92. The van der Waals surface area contributed by atoms with Crippen molar-refractivity contribution in [1.82, 2.24) is 25.1 Å². The number of sulfone groups is 1. The fourth-order valence-electron chi connectivity index (χ4n) is 5.16. The molecule has 11 nitrogen and oxygen atoms in total. The second kappa shape index (κ2) is 13.7. The highest BCUT2D eigenvalue weighted by Gasteiger charge is 2.39. The Morgan fingerprint density at radius 2 is 1.98 bits per heavy atom. The van der Waals surface area contributed by atoms with Crippen molar-refractivity contribution in [2.75, 3.05) is 51.9 Å². The van der Waals surface area contributed by atoms with E-state index < -0.39 is 33.6 Å². The molecule has 46 heavy (non-hydrogen) atoms. The molecule has 0 spiro atoms. The first kappa shape index (κ1) is 34.8. The van der Waals surface area contributed by atoms with E-state index in [-0.39, 0.29) is 46.4 Å². The van der Waals surface area contributed by atoms with Crippen molar-refractivity contribution in [3.05, 3.63) is 47.8 Å². The number of rotatable bonds is 9. The molecule has 1 aliphatic heterocycles. The Morgan fingerprint density at radius 3 is 2.61 bits per heavy atom. The third-order valence-corrected chi connectivity index (χ3v) is 9.68. The highest BCUT2D eigenvalue weighted by molar-refractivity contribution is 7.90. The van der Waals surface area contributed by atoms with E-state index in [2.05, 4.69) is 43.0 Å². The first-order valence-corrected chi connectivity index (χ1v) is 16.6. The number of ether oxygens (including phenoxy) is 1. The molecule has 2 atom stereocenters. The van der Waals surface area contributed by atoms with E-state index in [1.807, 2.05) is 11.8 Å². The van der Waals surface area contributed by atoms with Gasteiger partial charge >= 0.3 is 6.18 Å². The van der Waals surface area contributed by atoms with Gasteiger partial charge in [0.05, 0.1) is 58.4 Å². The average Bonchev–Trinajstić information content (AvgIpc) is 3.37. The van der Waals surface area contributed by atoms with E-state index in [1.54, 1.807) is 13.1 Å². The van der Waals surface area contributed by atoms with Crippen LogP contribution in [0.5, 0.6) is 5.75 Å². The Balaban J connectivity index is 1.60. The van der Waals surface area contributed by atoms with Gasteiger partial charge in [0.2, 0.25) is 5.91 Å². The van der Waals surface area contributed by atoms with Crippen LogP contribution in [-0.2, 0) is 21.2 Å². The van der Waals surface area contributed by atoms with E-state index in [0.29, 0.717) is 36.5 Å². The molecule has 3 radical (unpaired) electrons. The number of alkyl halides is 3. The highest BCUT2D eigenvalue weighted by atomic mass is 32.2. The summed E-state index contributed by atoms with van der Waals surface area (Å²) in [5, 5.41) is 7.79. The molecule has 4 rings (SSSR count). The van der Waals surface area contributed by atoms with Crippen molar-refractivity contribution < 1.29 is 35.9 Å². The molecule has 1 fully saturated rings. The maximum Gasteiger partial charge on any atom is 0.406 e. The van der Waals surface area contributed by atoms with Crippen LogP contribution in [0.15, 0.2) is 41.6 Å². The smallest absolute Gasteiger partial charge is 0.406 e. The molecular formula is C30H34F3N6O5SSi. The van der Waals surface area contributed by atoms with Gasteiger partial charge in [0.1, 0.15) is 17.8 Å². The van der Waals surface area contributed by atoms with Crippen LogP contribution >= 0.6 is 0 Å². The van der Waals surface area contributed by atoms with Gasteiger partial charge in [-0.05, 0) is 36.6 Å². The van der Waals surface area contributed by atoms with Gasteiger partial charge < -0.3 is 25.3 Å². The molecule has 0 aliphatic carbocycles. The topological polar surface area (TPSA) is 135 Å². The SMILES string of the molecule is CNC(=O)CN1CC[C@@]([Si])(NC(=O)c2cc(C#CCNc3ccc(S(C)(=O)=O)cc3OC)cc3c2ncn3CC(F)(F)F)[C@@H](C)C1. The van der Waals surface area contributed by atoms with Crippen LogP contribution in [0.1, 0.15) is 29.3 Å². The zero-order chi connectivity index (χ0) is 33.9. The van der Waals surface area contributed by atoms with Gasteiger partial charge in [-0.15, -0.1) is 0 Å². The highest BCUT2D eigenvalue weighted by Crippen LogP contribution is 2.29. The number of hydrogen-bond acceptors (Lipinski definition) is 8. The first-order valence-electron chi connectivity index (χ1n) is 14.2. The number of carbonyl (C=O) groups excluding carboxylic acids is 2. The number of halogens is 3. The summed E-state index contributed by atoms with van der Waals surface area (Å²) in [6.45, 7) is 1.97. The Morgan fingerprint density at radius 1 is 1.24 bits per heavy atom. The number of aromatic nitrogens is 2. The van der Waals surface area contributed by atoms with Crippen LogP contribution in [0.25, 0.3) is 11.0 Å². The summed E-state index contributed by atoms with van der Waals surface area (Å²) in [4.78, 5) is 31.8. The second-order valence-corrected chi connectivity index (χ2v) is 14.1. The van der Waals surface area contributed by atoms with Crippen LogP contribution in [-0.4, -0.2) is 103 Å². The molecule has 0 saturated carbocycles. The fourth-order valence-corrected chi connectivity index (χ4v) is 6.11. The quantitative estimate of drug-likeness (QED) is 0.232. The number of anilines is 1. The number of likely N-dealkylation sites (N-methyl/N-ethyl adjacent to an activating group) is 1. The standard InChI is InChI=1S/C30H34F3N6O5SSi/c1-19-15-38(16-26(40)34-2)11-9-29(19,46)37-28(41)22-12-20(13-24-27(22)36-18-39(24)17-30(31,32)33)6-5-10-35-23-8-7-21(45(4,42)43)14-25(23)44-3/h7-8,12-14,18-19,35H,9-11,15-17H2,1-4H3,(H,34,40)(H,37,41)/t19-,29-/m0/s1. The van der Waals surface area contributed by atoms with Crippen molar-refractivity contribution in [3.63, 3.8) is 0 Å². The number of methoxy groups -OCH3 is 1. The van der Waals surface area contributed by atoms with Crippen LogP contribution in [0.4, 0.5) is 18.9 Å². The maximum absolute atomic E-state index is 13.7. The average molecular weight is 676 g/mol. The summed E-state index contributed by atoms with van der Waals surface area (Å²) in [5.41, 5.74) is 1.03. The van der Waals surface area contributed by atoms with Crippen LogP contribution in [0, 0.1) is 17.8 Å². The number of hydrogen-bond donors (Lipinski definition) is 3. The van der Waals surface area contributed by atoms with E-state index in [0.717, 1.165) is 17.2 Å². The van der Waals surface area contributed by atoms with Crippen LogP contribution in [0.3, 0.4) is 0 Å². The van der Waals surface area contributed by atoms with Crippen molar-refractivity contribution >= 4 is 48.6 Å². The number of amides is 2. The summed E-state index contributed by atoms with van der Waals surface area (Å²) < 4.78 is 70.0. The number of fused-ring (bicyclic) bond motifs is 1. The lowest BCUT2D eigenvalue weighted by Gasteiger charge is -2.44. The third-order valence-electron chi connectivity index (χ3n) is 7.70. The number of nitrogens with one attached hydrogen (secondary N) is 3. The molecule has 1 saturated heterocycles. The van der Waals surface area contributed by atoms with Crippen LogP contribution in [0.2, 0.25) is 0 Å². The van der Waals surface area contributed by atoms with Crippen molar-refractivity contribution in [3.8, 4) is 17.6 Å². The molecule has 0 unspecified atom stereocenters. The lowest BCUT2D eigenvalue weighted by molar-refractivity contribution is -0.140. The predicted octanol–water partition coefficient (Wildman–Crippen LogP) is 2.16. The minimum absolute atomic E-state index is 0.0614. The zero-order valence-corrected chi connectivity index (χ0v) is 27.5. The normalized spacial score (nSPS) is 18.8. The second-order valence-electron chi connectivity index (χ2n) is 11.2. The molecule has 2 heterocycles. The Bertz CT molecular complexity index is 1800. The van der Waals surface area contributed by atoms with Gasteiger partial charge in [0.15, 0.2) is 9.84 Å². The molecule has 2 aromatic carbocycles. The molecule has 0 bridgehead atoms. The van der Waals surface area contributed by atoms with Crippen molar-refractivity contribution in [2.24, 2.45) is 5.92 Å². The molecule has 1 aliphatic rings. The lowest BCUT2D eigenvalue weighted by atomic mass is 9.92. The van der Waals surface area contributed by atoms with E-state index in [9.17, 15) is 31.2 Å². The minimum atomic E-state index is -4.52. The predicted molar refractivity (Wildman–Crippen MR) is 167 cm³/mol.